The van der Waals surface area contributed by atoms with E-state index < -0.39 is 30.5 Å². The Labute approximate surface area is 175 Å². The SMILES string of the molecule is COc1cc(C(O)C(CC(=N)OC(=N)CC(=O)O)OC2CCCC2)cc(OC)c1C. The van der Waals surface area contributed by atoms with Crippen molar-refractivity contribution in [3.8, 4) is 11.5 Å². The van der Waals surface area contributed by atoms with Crippen molar-refractivity contribution < 1.29 is 34.0 Å². The number of carbonyl (C=O) groups is 1. The quantitative estimate of drug-likeness (QED) is 0.335. The second kappa shape index (κ2) is 10.9. The highest BCUT2D eigenvalue weighted by Crippen LogP contribution is 2.35. The molecule has 1 fully saturated rings. The van der Waals surface area contributed by atoms with Gasteiger partial charge < -0.3 is 29.2 Å². The van der Waals surface area contributed by atoms with Gasteiger partial charge in [-0.05, 0) is 37.5 Å². The third kappa shape index (κ3) is 6.43. The minimum Gasteiger partial charge on any atom is -0.496 e. The molecule has 0 aliphatic heterocycles. The Kier molecular flexibility index (Phi) is 8.61. The Bertz CT molecular complexity index is 750. The summed E-state index contributed by atoms with van der Waals surface area (Å²) in [6.45, 7) is 1.85. The largest absolute Gasteiger partial charge is 0.496 e. The van der Waals surface area contributed by atoms with Crippen molar-refractivity contribution in [2.75, 3.05) is 14.2 Å². The van der Waals surface area contributed by atoms with Crippen LogP contribution in [0.4, 0.5) is 0 Å². The van der Waals surface area contributed by atoms with Gasteiger partial charge in [0.25, 0.3) is 0 Å². The summed E-state index contributed by atoms with van der Waals surface area (Å²) in [5.41, 5.74) is 1.30. The van der Waals surface area contributed by atoms with Crippen LogP contribution in [0.3, 0.4) is 0 Å². The zero-order valence-corrected chi connectivity index (χ0v) is 17.6. The molecular weight excluding hydrogens is 392 g/mol. The van der Waals surface area contributed by atoms with Crippen molar-refractivity contribution in [3.05, 3.63) is 23.3 Å². The Hall–Kier alpha value is -2.65. The molecule has 1 aliphatic rings. The molecule has 0 aromatic heterocycles. The summed E-state index contributed by atoms with van der Waals surface area (Å²) >= 11 is 0. The van der Waals surface area contributed by atoms with Crippen molar-refractivity contribution in [1.29, 1.82) is 10.8 Å². The molecule has 0 bridgehead atoms. The summed E-state index contributed by atoms with van der Waals surface area (Å²) < 4.78 is 21.9. The molecule has 166 valence electrons. The number of methoxy groups -OCH3 is 2. The molecule has 9 nitrogen and oxygen atoms in total. The molecule has 30 heavy (non-hydrogen) atoms. The van der Waals surface area contributed by atoms with Gasteiger partial charge in [-0.1, -0.05) is 12.8 Å². The van der Waals surface area contributed by atoms with Crippen LogP contribution in [0.15, 0.2) is 12.1 Å². The predicted octanol–water partition coefficient (Wildman–Crippen LogP) is 3.21. The van der Waals surface area contributed by atoms with Crippen LogP contribution >= 0.6 is 0 Å². The van der Waals surface area contributed by atoms with Crippen molar-refractivity contribution in [3.63, 3.8) is 0 Å². The number of carboxylic acids is 1. The average molecular weight is 422 g/mol. The fourth-order valence-electron chi connectivity index (χ4n) is 3.54. The van der Waals surface area contributed by atoms with Crippen LogP contribution in [-0.4, -0.2) is 54.4 Å². The van der Waals surface area contributed by atoms with Crippen LogP contribution < -0.4 is 9.47 Å². The molecule has 2 atom stereocenters. The molecule has 1 aliphatic carbocycles. The zero-order chi connectivity index (χ0) is 22.3. The van der Waals surface area contributed by atoms with Gasteiger partial charge in [-0.2, -0.15) is 0 Å². The van der Waals surface area contributed by atoms with Crippen LogP contribution in [0.5, 0.6) is 11.5 Å². The van der Waals surface area contributed by atoms with E-state index in [9.17, 15) is 9.90 Å². The lowest BCUT2D eigenvalue weighted by molar-refractivity contribution is -0.135. The molecule has 0 spiro atoms. The molecule has 2 unspecified atom stereocenters. The molecule has 4 N–H and O–H groups in total. The molecule has 1 saturated carbocycles. The maximum Gasteiger partial charge on any atom is 0.312 e. The molecule has 1 aromatic carbocycles. The first-order chi connectivity index (χ1) is 14.2. The lowest BCUT2D eigenvalue weighted by Gasteiger charge is -2.27. The van der Waals surface area contributed by atoms with Crippen LogP contribution in [0.1, 0.15) is 55.8 Å². The zero-order valence-electron chi connectivity index (χ0n) is 17.6. The van der Waals surface area contributed by atoms with E-state index in [2.05, 4.69) is 0 Å². The van der Waals surface area contributed by atoms with Crippen molar-refractivity contribution >= 4 is 17.8 Å². The predicted molar refractivity (Wildman–Crippen MR) is 110 cm³/mol. The van der Waals surface area contributed by atoms with Gasteiger partial charge >= 0.3 is 5.97 Å². The van der Waals surface area contributed by atoms with Gasteiger partial charge in [-0.15, -0.1) is 0 Å². The third-order valence-electron chi connectivity index (χ3n) is 5.08. The number of ether oxygens (including phenoxy) is 4. The minimum atomic E-state index is -1.22. The third-order valence-corrected chi connectivity index (χ3v) is 5.08. The second-order valence-corrected chi connectivity index (χ2v) is 7.30. The highest BCUT2D eigenvalue weighted by molar-refractivity contribution is 5.97. The van der Waals surface area contributed by atoms with Crippen molar-refractivity contribution in [2.24, 2.45) is 0 Å². The molecule has 0 saturated heterocycles. The van der Waals surface area contributed by atoms with Crippen molar-refractivity contribution in [2.45, 2.75) is 63.8 Å². The number of nitrogens with one attached hydrogen (secondary N) is 2. The lowest BCUT2D eigenvalue weighted by atomic mass is 9.99. The van der Waals surface area contributed by atoms with Crippen LogP contribution in [0.2, 0.25) is 0 Å². The van der Waals surface area contributed by atoms with E-state index in [1.807, 2.05) is 6.92 Å². The Balaban J connectivity index is 2.22. The number of benzene rings is 1. The smallest absolute Gasteiger partial charge is 0.312 e. The highest BCUT2D eigenvalue weighted by Gasteiger charge is 2.30. The van der Waals surface area contributed by atoms with E-state index in [4.69, 9.17) is 34.9 Å². The topological polar surface area (TPSA) is 142 Å². The summed E-state index contributed by atoms with van der Waals surface area (Å²) in [5.74, 6) is -0.991. The fourth-order valence-corrected chi connectivity index (χ4v) is 3.54. The number of aliphatic hydroxyl groups is 1. The minimum absolute atomic E-state index is 0.0369. The molecule has 9 heteroatoms. The van der Waals surface area contributed by atoms with Gasteiger partial charge in [0.2, 0.25) is 0 Å². The monoisotopic (exact) mass is 422 g/mol. The number of carboxylic acid groups (broad SMARTS) is 1. The molecule has 0 heterocycles. The molecular formula is C21H30N2O7. The first kappa shape index (κ1) is 23.6. The maximum atomic E-state index is 11.1. The van der Waals surface area contributed by atoms with Gasteiger partial charge in [0.05, 0.1) is 32.8 Å². The normalized spacial score (nSPS) is 16.0. The average Bonchev–Trinajstić information content (AvgIpc) is 3.19. The van der Waals surface area contributed by atoms with E-state index in [-0.39, 0.29) is 18.4 Å². The molecule has 0 radical (unpaired) electrons. The lowest BCUT2D eigenvalue weighted by Crippen LogP contribution is -2.30. The second-order valence-electron chi connectivity index (χ2n) is 7.30. The van der Waals surface area contributed by atoms with Gasteiger partial charge in [0.1, 0.15) is 24.0 Å². The Morgan fingerprint density at radius 1 is 1.13 bits per heavy atom. The summed E-state index contributed by atoms with van der Waals surface area (Å²) in [6, 6.07) is 3.40. The van der Waals surface area contributed by atoms with E-state index in [1.54, 1.807) is 12.1 Å². The number of rotatable bonds is 10. The number of aliphatic hydroxyl groups excluding tert-OH is 1. The molecule has 0 amide bonds. The van der Waals surface area contributed by atoms with E-state index in [1.165, 1.54) is 14.2 Å². The first-order valence-electron chi connectivity index (χ1n) is 9.85. The standard InChI is InChI=1S/C21H30N2O7/c1-12-15(27-2)8-13(9-16(12)28-3)21(26)17(29-14-6-4-5-7-14)10-18(22)30-19(23)11-20(24)25/h8-9,14,17,21-23,26H,4-7,10-11H2,1-3H3,(H,24,25). The summed E-state index contributed by atoms with van der Waals surface area (Å²) in [7, 11) is 3.06. The number of aliphatic carboxylic acids is 1. The van der Waals surface area contributed by atoms with E-state index in [0.717, 1.165) is 31.2 Å². The van der Waals surface area contributed by atoms with Gasteiger partial charge in [-0.25, -0.2) is 0 Å². The highest BCUT2D eigenvalue weighted by atomic mass is 16.5. The Morgan fingerprint density at radius 2 is 1.70 bits per heavy atom. The summed E-state index contributed by atoms with van der Waals surface area (Å²) in [6.07, 6.45) is 1.13. The number of hydrogen-bond donors (Lipinski definition) is 4. The summed E-state index contributed by atoms with van der Waals surface area (Å²) in [4.78, 5) is 10.7. The maximum absolute atomic E-state index is 11.1. The van der Waals surface area contributed by atoms with E-state index >= 15 is 0 Å². The fraction of sp³-hybridized carbons (Fsp3) is 0.571. The van der Waals surface area contributed by atoms with Gasteiger partial charge in [0, 0.05) is 5.56 Å². The van der Waals surface area contributed by atoms with Gasteiger partial charge in [0.15, 0.2) is 11.8 Å². The van der Waals surface area contributed by atoms with Crippen molar-refractivity contribution in [1.82, 2.24) is 0 Å². The van der Waals surface area contributed by atoms with Gasteiger partial charge in [-0.3, -0.25) is 15.6 Å². The van der Waals surface area contributed by atoms with E-state index in [0.29, 0.717) is 17.1 Å². The summed E-state index contributed by atoms with van der Waals surface area (Å²) in [5, 5.41) is 35.4. The molecule has 1 aromatic rings. The molecule has 2 rings (SSSR count). The Morgan fingerprint density at radius 3 is 2.20 bits per heavy atom. The first-order valence-corrected chi connectivity index (χ1v) is 9.85. The van der Waals surface area contributed by atoms with Crippen LogP contribution in [0.25, 0.3) is 0 Å². The van der Waals surface area contributed by atoms with Crippen LogP contribution in [-0.2, 0) is 14.3 Å². The van der Waals surface area contributed by atoms with Crippen LogP contribution in [0, 0.1) is 17.7 Å². The number of hydrogen-bond acceptors (Lipinski definition) is 8.